The molecule has 0 N–H and O–H groups in total. The Labute approximate surface area is 79.8 Å². The molecule has 0 spiro atoms. The first-order valence-electron chi connectivity index (χ1n) is 4.58. The maximum atomic E-state index is 10.9. The van der Waals surface area contributed by atoms with Gasteiger partial charge in [0.1, 0.15) is 6.61 Å². The Morgan fingerprint density at radius 1 is 1.46 bits per heavy atom. The molecule has 0 aromatic carbocycles. The quantitative estimate of drug-likeness (QED) is 0.614. The maximum Gasteiger partial charge on any atom is 0.508 e. The minimum Gasteiger partial charge on any atom is -0.433 e. The Hall–Kier alpha value is -0.770. The molecule has 0 aliphatic rings. The van der Waals surface area contributed by atoms with Crippen LogP contribution in [0.4, 0.5) is 4.79 Å². The lowest BCUT2D eigenvalue weighted by Gasteiger charge is -2.14. The molecule has 0 aromatic heterocycles. The van der Waals surface area contributed by atoms with Crippen LogP contribution in [0, 0.1) is 0 Å². The van der Waals surface area contributed by atoms with E-state index < -0.39 is 6.16 Å². The first-order chi connectivity index (χ1) is 6.06. The summed E-state index contributed by atoms with van der Waals surface area (Å²) in [5.74, 6) is 0. The van der Waals surface area contributed by atoms with Crippen molar-refractivity contribution >= 4 is 6.16 Å². The third-order valence-electron chi connectivity index (χ3n) is 1.56. The largest absolute Gasteiger partial charge is 0.508 e. The summed E-state index contributed by atoms with van der Waals surface area (Å²) in [6.07, 6.45) is -0.698. The predicted octanol–water partition coefficient (Wildman–Crippen LogP) is 1.50. The third-order valence-corrected chi connectivity index (χ3v) is 1.56. The van der Waals surface area contributed by atoms with Crippen molar-refractivity contribution in [2.45, 2.75) is 26.9 Å². The Morgan fingerprint density at radius 3 is 2.54 bits per heavy atom. The van der Waals surface area contributed by atoms with Gasteiger partial charge in [-0.1, -0.05) is 6.92 Å². The van der Waals surface area contributed by atoms with E-state index in [2.05, 4.69) is 4.90 Å². The molecule has 0 heterocycles. The van der Waals surface area contributed by atoms with Gasteiger partial charge >= 0.3 is 6.16 Å². The van der Waals surface area contributed by atoms with Gasteiger partial charge in [-0.25, -0.2) is 4.79 Å². The first kappa shape index (κ1) is 12.2. The summed E-state index contributed by atoms with van der Waals surface area (Å²) in [7, 11) is 1.97. The Bertz CT molecular complexity index is 148. The van der Waals surface area contributed by atoms with Crippen molar-refractivity contribution < 1.29 is 14.3 Å². The normalized spacial score (nSPS) is 10.6. The van der Waals surface area contributed by atoms with Crippen LogP contribution in [0.25, 0.3) is 0 Å². The lowest BCUT2D eigenvalue weighted by Crippen LogP contribution is -2.24. The molecule has 0 aliphatic carbocycles. The van der Waals surface area contributed by atoms with E-state index >= 15 is 0 Å². The van der Waals surface area contributed by atoms with Crippen LogP contribution in [0.1, 0.15) is 20.8 Å². The molecule has 0 saturated carbocycles. The van der Waals surface area contributed by atoms with Crippen LogP contribution in [0.2, 0.25) is 0 Å². The molecule has 0 rings (SSSR count). The summed E-state index contributed by atoms with van der Waals surface area (Å²) in [6.45, 7) is 7.70. The molecule has 0 atom stereocenters. The van der Waals surface area contributed by atoms with Gasteiger partial charge in [0.15, 0.2) is 0 Å². The molecule has 0 aliphatic heterocycles. The number of hydrogen-bond donors (Lipinski definition) is 0. The topological polar surface area (TPSA) is 38.8 Å². The predicted molar refractivity (Wildman–Crippen MR) is 50.7 cm³/mol. The maximum absolute atomic E-state index is 10.9. The van der Waals surface area contributed by atoms with Gasteiger partial charge in [-0.15, -0.1) is 0 Å². The highest BCUT2D eigenvalue weighted by Crippen LogP contribution is 1.92. The van der Waals surface area contributed by atoms with Gasteiger partial charge in [0.2, 0.25) is 0 Å². The lowest BCUT2D eigenvalue weighted by molar-refractivity contribution is 0.0307. The second kappa shape index (κ2) is 6.71. The zero-order valence-corrected chi connectivity index (χ0v) is 8.87. The van der Waals surface area contributed by atoms with Gasteiger partial charge in [0, 0.05) is 6.54 Å². The molecule has 0 unspecified atom stereocenters. The molecule has 4 nitrogen and oxygen atoms in total. The number of likely N-dealkylation sites (N-methyl/N-ethyl adjacent to an activating group) is 1. The van der Waals surface area contributed by atoms with E-state index in [0.717, 1.165) is 13.1 Å². The molecule has 13 heavy (non-hydrogen) atoms. The standard InChI is InChI=1S/C9H19NO3/c1-5-10(4)6-7-12-9(11)13-8(2)3/h8H,5-7H2,1-4H3. The van der Waals surface area contributed by atoms with E-state index in [1.165, 1.54) is 0 Å². The van der Waals surface area contributed by atoms with Crippen molar-refractivity contribution in [3.05, 3.63) is 0 Å². The highest BCUT2D eigenvalue weighted by atomic mass is 16.7. The summed E-state index contributed by atoms with van der Waals surface area (Å²) >= 11 is 0. The van der Waals surface area contributed by atoms with E-state index in [0.29, 0.717) is 6.61 Å². The SMILES string of the molecule is CCN(C)CCOC(=O)OC(C)C. The second-order valence-corrected chi connectivity index (χ2v) is 3.16. The highest BCUT2D eigenvalue weighted by molar-refractivity contribution is 5.59. The lowest BCUT2D eigenvalue weighted by atomic mass is 10.5. The average Bonchev–Trinajstić information content (AvgIpc) is 2.02. The van der Waals surface area contributed by atoms with Crippen LogP contribution >= 0.6 is 0 Å². The van der Waals surface area contributed by atoms with Crippen molar-refractivity contribution in [2.75, 3.05) is 26.7 Å². The Kier molecular flexibility index (Phi) is 6.32. The Morgan fingerprint density at radius 2 is 2.08 bits per heavy atom. The summed E-state index contributed by atoms with van der Waals surface area (Å²) in [4.78, 5) is 12.9. The minimum absolute atomic E-state index is 0.114. The number of carbonyl (C=O) groups excluding carboxylic acids is 1. The first-order valence-corrected chi connectivity index (χ1v) is 4.58. The van der Waals surface area contributed by atoms with Gasteiger partial charge in [-0.05, 0) is 27.4 Å². The van der Waals surface area contributed by atoms with E-state index in [9.17, 15) is 4.79 Å². The molecular formula is C9H19NO3. The van der Waals surface area contributed by atoms with Gasteiger partial charge in [-0.2, -0.15) is 0 Å². The fourth-order valence-corrected chi connectivity index (χ4v) is 0.669. The molecule has 0 bridgehead atoms. The zero-order valence-electron chi connectivity index (χ0n) is 8.87. The number of hydrogen-bond acceptors (Lipinski definition) is 4. The van der Waals surface area contributed by atoms with Crippen molar-refractivity contribution in [3.63, 3.8) is 0 Å². The van der Waals surface area contributed by atoms with Gasteiger partial charge in [-0.3, -0.25) is 0 Å². The van der Waals surface area contributed by atoms with Gasteiger partial charge < -0.3 is 14.4 Å². The summed E-state index contributed by atoms with van der Waals surface area (Å²) < 4.78 is 9.61. The van der Waals surface area contributed by atoms with Crippen LogP contribution in [0.3, 0.4) is 0 Å². The van der Waals surface area contributed by atoms with Crippen molar-refractivity contribution in [1.82, 2.24) is 4.90 Å². The van der Waals surface area contributed by atoms with Crippen LogP contribution in [-0.2, 0) is 9.47 Å². The summed E-state index contributed by atoms with van der Waals surface area (Å²) in [5.41, 5.74) is 0. The van der Waals surface area contributed by atoms with Crippen molar-refractivity contribution in [2.24, 2.45) is 0 Å². The second-order valence-electron chi connectivity index (χ2n) is 3.16. The van der Waals surface area contributed by atoms with Crippen LogP contribution in [0.5, 0.6) is 0 Å². The molecule has 0 saturated heterocycles. The molecule has 0 amide bonds. The fourth-order valence-electron chi connectivity index (χ4n) is 0.669. The average molecular weight is 189 g/mol. The molecule has 0 fully saturated rings. The van der Waals surface area contributed by atoms with Crippen LogP contribution in [0.15, 0.2) is 0 Å². The number of rotatable bonds is 5. The molecular weight excluding hydrogens is 170 g/mol. The fraction of sp³-hybridized carbons (Fsp3) is 0.889. The van der Waals surface area contributed by atoms with E-state index in [1.54, 1.807) is 13.8 Å². The van der Waals surface area contributed by atoms with Gasteiger partial charge in [0.25, 0.3) is 0 Å². The molecule has 0 aromatic rings. The number of carbonyl (C=O) groups is 1. The number of ether oxygens (including phenoxy) is 2. The van der Waals surface area contributed by atoms with Gasteiger partial charge in [0.05, 0.1) is 6.10 Å². The molecule has 4 heteroatoms. The minimum atomic E-state index is -0.584. The summed E-state index contributed by atoms with van der Waals surface area (Å²) in [6, 6.07) is 0. The van der Waals surface area contributed by atoms with E-state index in [-0.39, 0.29) is 6.10 Å². The van der Waals surface area contributed by atoms with Crippen LogP contribution in [-0.4, -0.2) is 43.9 Å². The Balaban J connectivity index is 3.37. The third kappa shape index (κ3) is 7.59. The van der Waals surface area contributed by atoms with E-state index in [1.807, 2.05) is 14.0 Å². The summed E-state index contributed by atoms with van der Waals surface area (Å²) in [5, 5.41) is 0. The monoisotopic (exact) mass is 189 g/mol. The zero-order chi connectivity index (χ0) is 10.3. The molecule has 78 valence electrons. The van der Waals surface area contributed by atoms with Crippen molar-refractivity contribution in [3.8, 4) is 0 Å². The van der Waals surface area contributed by atoms with E-state index in [4.69, 9.17) is 9.47 Å². The highest BCUT2D eigenvalue weighted by Gasteiger charge is 2.05. The molecule has 0 radical (unpaired) electrons. The smallest absolute Gasteiger partial charge is 0.433 e. The van der Waals surface area contributed by atoms with Crippen molar-refractivity contribution in [1.29, 1.82) is 0 Å². The number of nitrogens with zero attached hydrogens (tertiary/aromatic N) is 1. The van der Waals surface area contributed by atoms with Crippen LogP contribution < -0.4 is 0 Å².